The SMILES string of the molecule is CCc1ccc(C2CC3CCC(C2C(=O)OC)N3C)cc1I.CN1C2CCC1C(c1cc(-c3ccccc3)no1)C(c1ccc(I)cc1)C2.CN1C2CCC1C(c1nc3ccccc3s1)C(c1ccc(Cl)cc1)C2.COC(=O)C1C(c2ccc(C#Cc3ccccc3)cc2)CC2CCC1N2C.Cc1cc(C2C(c3ccc(I)cc3)CC3CCC2N3C)on1.Cc1ccc(C2CC3CCC(C2c2nnc(C)o2)N3C)cc1. The van der Waals surface area contributed by atoms with Crippen molar-refractivity contribution in [3.8, 4) is 23.1 Å². The van der Waals surface area contributed by atoms with E-state index < -0.39 is 0 Å². The van der Waals surface area contributed by atoms with Crippen LogP contribution in [0.5, 0.6) is 0 Å². The van der Waals surface area contributed by atoms with Crippen molar-refractivity contribution in [2.24, 2.45) is 11.8 Å². The van der Waals surface area contributed by atoms with Crippen LogP contribution in [0, 0.1) is 55.2 Å². The number of aryl methyl sites for hydroxylation is 4. The third-order valence-corrected chi connectivity index (χ3v) is 39.5. The Morgan fingerprint density at radius 1 is 0.414 bits per heavy atom. The molecule has 4 aromatic heterocycles. The van der Waals surface area contributed by atoms with Gasteiger partial charge in [-0.25, -0.2) is 4.98 Å². The van der Waals surface area contributed by atoms with Crippen molar-refractivity contribution in [3.63, 3.8) is 0 Å². The summed E-state index contributed by atoms with van der Waals surface area (Å²) in [7, 11) is 16.5. The lowest BCUT2D eigenvalue weighted by Gasteiger charge is -2.42. The summed E-state index contributed by atoms with van der Waals surface area (Å²) in [4.78, 5) is 45.1. The summed E-state index contributed by atoms with van der Waals surface area (Å²) < 4.78 is 33.0. The van der Waals surface area contributed by atoms with Crippen LogP contribution < -0.4 is 0 Å². The number of hydrogen-bond donors (Lipinski definition) is 0. The van der Waals surface area contributed by atoms with E-state index in [1.807, 2.05) is 85.8 Å². The fourth-order valence-electron chi connectivity index (χ4n) is 27.9. The van der Waals surface area contributed by atoms with Gasteiger partial charge in [0.05, 0.1) is 52.9 Å². The second-order valence-electron chi connectivity index (χ2n) is 43.1. The molecule has 9 aromatic carbocycles. The maximum Gasteiger partial charge on any atom is 0.310 e. The van der Waals surface area contributed by atoms with Gasteiger partial charge in [-0.3, -0.25) is 39.0 Å². The lowest BCUT2D eigenvalue weighted by molar-refractivity contribution is -0.151. The van der Waals surface area contributed by atoms with Gasteiger partial charge in [-0.2, -0.15) is 0 Å². The second-order valence-corrected chi connectivity index (χ2v) is 48.2. The summed E-state index contributed by atoms with van der Waals surface area (Å²) in [6.45, 7) is 8.21. The van der Waals surface area contributed by atoms with Crippen LogP contribution in [0.2, 0.25) is 5.02 Å². The first-order valence-electron chi connectivity index (χ1n) is 52.8. The number of carbonyl (C=O) groups excluding carboxylic acids is 2. The first-order chi connectivity index (χ1) is 70.4. The number of esters is 2. The fourth-order valence-corrected chi connectivity index (χ4v) is 30.9. The molecule has 24 unspecified atom stereocenters. The van der Waals surface area contributed by atoms with Crippen LogP contribution in [0.15, 0.2) is 250 Å². The van der Waals surface area contributed by atoms with Crippen molar-refractivity contribution in [3.05, 3.63) is 342 Å². The van der Waals surface area contributed by atoms with E-state index in [-0.39, 0.29) is 29.7 Å². The molecule has 13 aromatic rings. The molecule has 0 radical (unpaired) electrons. The molecule has 12 fully saturated rings. The molecule has 23 heteroatoms. The quantitative estimate of drug-likeness (QED) is 0.0570. The standard InChI is InChI=1S/C24H25NO2.C23H23IN2O.C21H21ClN2S.C18H21IN2O.C18H24INO2.C18H23N3O/c1-25-20-14-15-22(25)23(24(26)27-2)21(16-20)19-12-10-18(11-13-19)9-8-17-6-4-3-5-7-17;1-26-18-11-12-21(26)23(19(13-18)15-7-9-17(24)10-8-15)22-14-20(25-27-22)16-5-3-2-4-6-16;1-24-15-10-11-18(24)20(16(12-15)13-6-8-14(22)9-7-13)21-23-17-4-2-3-5-19(17)25-21;1-11-9-17(22-20-11)18-15(12-3-5-13(19)6-4-12)10-14-7-8-16(18)21(14)2;1-4-11-5-6-12(9-15(11)19)14-10-13-7-8-16(20(13)2)17(14)18(21)22-3;1-11-4-6-13(7-5-11)15-10-14-8-9-16(21(14)3)17(15)18-20-19-12(2)22-18/h3-7,10-13,20-23H,14-16H2,1-2H3;2-10,14,18-19,21,23H,11-13H2,1H3;2-9,15-16,18,20H,10-12H2,1H3;3-6,9,14-16,18H,7-8,10H2,1-2H3;5-6,9,13-14,16-17H,4,7-8,10H2,1-3H3;4-7,14-17H,8-10H2,1-3H3. The van der Waals surface area contributed by atoms with Crippen molar-refractivity contribution >= 4 is 113 Å². The van der Waals surface area contributed by atoms with E-state index in [9.17, 15) is 9.59 Å². The largest absolute Gasteiger partial charge is 0.469 e. The van der Waals surface area contributed by atoms with Gasteiger partial charge in [-0.1, -0.05) is 192 Å². The number of thiazole rings is 1. The summed E-state index contributed by atoms with van der Waals surface area (Å²) in [5, 5.41) is 19.1. The van der Waals surface area contributed by atoms with Crippen molar-refractivity contribution < 1.29 is 32.5 Å². The molecule has 756 valence electrons. The normalized spacial score (nSPS) is 29.6. The number of methoxy groups -OCH3 is 2. The van der Waals surface area contributed by atoms with Crippen LogP contribution in [0.1, 0.15) is 271 Å². The first-order valence-corrected chi connectivity index (χ1v) is 57.2. The monoisotopic (exact) mass is 2320 g/mol. The zero-order valence-electron chi connectivity index (χ0n) is 85.5. The average molecular weight is 2320 g/mol. The number of nitrogens with zero attached hydrogens (tertiary/aromatic N) is 11. The number of fused-ring (bicyclic) bond motifs is 13. The molecule has 145 heavy (non-hydrogen) atoms. The molecular formula is C122H137ClI3N11O7S. The Morgan fingerprint density at radius 2 is 0.807 bits per heavy atom. The van der Waals surface area contributed by atoms with Crippen LogP contribution in [-0.2, 0) is 25.5 Å². The maximum absolute atomic E-state index is 12.5. The van der Waals surface area contributed by atoms with Gasteiger partial charge in [0, 0.05) is 154 Å². The Labute approximate surface area is 906 Å². The number of halogens is 4. The van der Waals surface area contributed by atoms with Crippen molar-refractivity contribution in [1.82, 2.24) is 54.9 Å². The predicted octanol–water partition coefficient (Wildman–Crippen LogP) is 26.5. The third-order valence-electron chi connectivity index (χ3n) is 35.6. The van der Waals surface area contributed by atoms with Gasteiger partial charge in [-0.15, -0.1) is 21.5 Å². The van der Waals surface area contributed by atoms with Gasteiger partial charge < -0.3 is 22.9 Å². The van der Waals surface area contributed by atoms with Crippen LogP contribution in [0.25, 0.3) is 21.5 Å². The molecule has 24 atom stereocenters. The molecule has 12 bridgehead atoms. The van der Waals surface area contributed by atoms with Crippen molar-refractivity contribution in [1.29, 1.82) is 0 Å². The van der Waals surface area contributed by atoms with E-state index in [2.05, 4.69) is 362 Å². The summed E-state index contributed by atoms with van der Waals surface area (Å²) in [6.07, 6.45) is 22.7. The minimum Gasteiger partial charge on any atom is -0.469 e. The number of piperidine rings is 6. The number of para-hydroxylation sites is 1. The molecule has 18 nitrogen and oxygen atoms in total. The van der Waals surface area contributed by atoms with E-state index in [1.165, 1.54) is 169 Å². The molecule has 16 heterocycles. The topological polar surface area (TPSA) is 176 Å². The minimum absolute atomic E-state index is 0.0305. The summed E-state index contributed by atoms with van der Waals surface area (Å²) in [6, 6.07) is 90.7. The summed E-state index contributed by atoms with van der Waals surface area (Å²) >= 11 is 15.2. The molecule has 0 amide bonds. The molecule has 25 rings (SSSR count). The highest BCUT2D eigenvalue weighted by molar-refractivity contribution is 14.1. The fraction of sp³-hybridized carbons (Fsp3) is 0.451. The molecule has 12 aliphatic heterocycles. The Hall–Kier alpha value is -8.83. The molecule has 12 saturated heterocycles. The summed E-state index contributed by atoms with van der Waals surface area (Å²) in [5.74, 6) is 13.9. The number of carbonyl (C=O) groups is 2. The predicted molar refractivity (Wildman–Crippen MR) is 604 cm³/mol. The first kappa shape index (κ1) is 103. The van der Waals surface area contributed by atoms with Gasteiger partial charge in [0.15, 0.2) is 0 Å². The number of hydrogen-bond acceptors (Lipinski definition) is 19. The van der Waals surface area contributed by atoms with Crippen LogP contribution in [0.4, 0.5) is 0 Å². The number of likely N-dealkylation sites (N-methyl/N-ethyl adjacent to an activating group) is 4. The van der Waals surface area contributed by atoms with E-state index >= 15 is 0 Å². The van der Waals surface area contributed by atoms with E-state index in [4.69, 9.17) is 39.5 Å². The molecule has 12 aliphatic rings. The smallest absolute Gasteiger partial charge is 0.310 e. The van der Waals surface area contributed by atoms with Crippen molar-refractivity contribution in [2.75, 3.05) is 56.5 Å². The Bertz CT molecular complexity index is 6490. The number of ether oxygens (including phenoxy) is 2. The Balaban J connectivity index is 0.000000106. The molecule has 0 spiro atoms. The number of rotatable bonds is 14. The van der Waals surface area contributed by atoms with Crippen LogP contribution >= 0.6 is 90.7 Å². The molecule has 0 aliphatic carbocycles. The Morgan fingerprint density at radius 3 is 1.28 bits per heavy atom. The van der Waals surface area contributed by atoms with Crippen LogP contribution in [-0.4, -0.2) is 196 Å². The zero-order chi connectivity index (χ0) is 101. The van der Waals surface area contributed by atoms with Gasteiger partial charge in [0.1, 0.15) is 17.2 Å². The van der Waals surface area contributed by atoms with Gasteiger partial charge in [0.2, 0.25) is 11.8 Å². The van der Waals surface area contributed by atoms with E-state index in [1.54, 1.807) is 0 Å². The molecule has 0 saturated carbocycles. The summed E-state index contributed by atoms with van der Waals surface area (Å²) in [5.41, 5.74) is 17.1. The van der Waals surface area contributed by atoms with Gasteiger partial charge in [0.25, 0.3) is 0 Å². The second kappa shape index (κ2) is 45.9. The lowest BCUT2D eigenvalue weighted by atomic mass is 9.75. The van der Waals surface area contributed by atoms with Gasteiger partial charge >= 0.3 is 11.9 Å². The maximum atomic E-state index is 12.5. The lowest BCUT2D eigenvalue weighted by Crippen LogP contribution is -2.49. The Kier molecular flexibility index (Phi) is 32.7. The third kappa shape index (κ3) is 22.1. The minimum atomic E-state index is -0.0833. The van der Waals surface area contributed by atoms with E-state index in [0.29, 0.717) is 126 Å². The van der Waals surface area contributed by atoms with Gasteiger partial charge in [-0.05, 0) is 387 Å². The molecule has 0 N–H and O–H groups in total. The van der Waals surface area contributed by atoms with E-state index in [0.717, 1.165) is 94.2 Å². The number of aromatic nitrogens is 5. The average Bonchev–Trinajstić information content (AvgIpc) is 1.63. The molecular weight excluding hydrogens is 2180 g/mol. The van der Waals surface area contributed by atoms with Crippen LogP contribution in [0.3, 0.4) is 0 Å². The highest BCUT2D eigenvalue weighted by atomic mass is 127. The van der Waals surface area contributed by atoms with Crippen molar-refractivity contribution in [2.45, 2.75) is 281 Å². The zero-order valence-corrected chi connectivity index (χ0v) is 93.6. The number of benzene rings is 9. The highest BCUT2D eigenvalue weighted by Gasteiger charge is 2.55. The highest BCUT2D eigenvalue weighted by Crippen LogP contribution is 2.58.